The van der Waals surface area contributed by atoms with Crippen LogP contribution in [0.1, 0.15) is 5.56 Å². The number of anilines is 1. The third kappa shape index (κ3) is 2.48. The van der Waals surface area contributed by atoms with Gasteiger partial charge in [0.2, 0.25) is 0 Å². The van der Waals surface area contributed by atoms with Crippen molar-refractivity contribution in [1.29, 1.82) is 0 Å². The van der Waals surface area contributed by atoms with E-state index in [1.807, 2.05) is 0 Å². The first-order valence-electron chi connectivity index (χ1n) is 4.83. The second kappa shape index (κ2) is 4.88. The van der Waals surface area contributed by atoms with Gasteiger partial charge in [0.05, 0.1) is 6.20 Å². The molecule has 0 aliphatic heterocycles. The van der Waals surface area contributed by atoms with Crippen LogP contribution in [0, 0.1) is 10.6 Å². The van der Waals surface area contributed by atoms with Gasteiger partial charge in [-0.15, -0.1) is 0 Å². The van der Waals surface area contributed by atoms with E-state index in [0.717, 1.165) is 6.20 Å². The quantitative estimate of drug-likeness (QED) is 0.562. The van der Waals surface area contributed by atoms with E-state index in [1.54, 1.807) is 0 Å². The van der Waals surface area contributed by atoms with Gasteiger partial charge in [-0.3, -0.25) is 14.8 Å². The number of aromatic amines is 2. The van der Waals surface area contributed by atoms with Crippen LogP contribution in [0.4, 0.5) is 15.9 Å². The Labute approximate surface area is 105 Å². The van der Waals surface area contributed by atoms with Gasteiger partial charge in [-0.1, -0.05) is 0 Å². The average Bonchev–Trinajstić information content (AvgIpc) is 2.30. The van der Waals surface area contributed by atoms with Crippen LogP contribution in [-0.4, -0.2) is 21.2 Å². The molecule has 0 atom stereocenters. The lowest BCUT2D eigenvalue weighted by atomic mass is 10.3. The number of hydrogen-bond acceptors (Lipinski definition) is 5. The summed E-state index contributed by atoms with van der Waals surface area (Å²) in [5.41, 5.74) is 5.17. The van der Waals surface area contributed by atoms with E-state index in [4.69, 9.17) is 18.0 Å². The van der Waals surface area contributed by atoms with Crippen molar-refractivity contribution < 1.29 is 4.39 Å². The van der Waals surface area contributed by atoms with E-state index in [2.05, 4.69) is 19.9 Å². The van der Waals surface area contributed by atoms with Crippen molar-refractivity contribution >= 4 is 29.9 Å². The minimum absolute atomic E-state index is 0.0227. The Morgan fingerprint density at radius 3 is 2.94 bits per heavy atom. The highest BCUT2D eigenvalue weighted by Crippen LogP contribution is 2.12. The molecule has 4 N–H and O–H groups in total. The van der Waals surface area contributed by atoms with Crippen molar-refractivity contribution in [2.45, 2.75) is 0 Å². The molecule has 0 amide bonds. The molecule has 6 nitrogen and oxygen atoms in total. The van der Waals surface area contributed by atoms with Crippen molar-refractivity contribution in [2.75, 3.05) is 5.73 Å². The first-order valence-corrected chi connectivity index (χ1v) is 5.24. The molecule has 8 heteroatoms. The fraction of sp³-hybridized carbons (Fsp3) is 0. The number of H-pyrrole nitrogens is 2. The van der Waals surface area contributed by atoms with E-state index in [0.29, 0.717) is 0 Å². The summed E-state index contributed by atoms with van der Waals surface area (Å²) in [5, 5.41) is 0. The minimum atomic E-state index is -0.542. The van der Waals surface area contributed by atoms with E-state index >= 15 is 0 Å². The maximum Gasteiger partial charge on any atom is 0.279 e. The molecule has 92 valence electrons. The van der Waals surface area contributed by atoms with Gasteiger partial charge in [-0.2, -0.15) is 0 Å². The maximum atomic E-state index is 13.3. The van der Waals surface area contributed by atoms with E-state index in [-0.39, 0.29) is 21.8 Å². The molecule has 18 heavy (non-hydrogen) atoms. The number of rotatable bonds is 2. The summed E-state index contributed by atoms with van der Waals surface area (Å²) >= 11 is 4.73. The summed E-state index contributed by atoms with van der Waals surface area (Å²) in [4.78, 5) is 23.8. The molecule has 0 aliphatic rings. The molecule has 0 unspecified atom stereocenters. The van der Waals surface area contributed by atoms with Crippen LogP contribution in [-0.2, 0) is 0 Å². The number of nitrogens with one attached hydrogen (secondary N) is 2. The van der Waals surface area contributed by atoms with Gasteiger partial charge in [0.25, 0.3) is 5.56 Å². The Morgan fingerprint density at radius 1 is 1.50 bits per heavy atom. The summed E-state index contributed by atoms with van der Waals surface area (Å²) < 4.78 is 13.4. The van der Waals surface area contributed by atoms with Crippen LogP contribution in [0.5, 0.6) is 0 Å². The summed E-state index contributed by atoms with van der Waals surface area (Å²) in [7, 11) is 0. The number of aliphatic imine (C=N–C) groups is 1. The number of aromatic nitrogens is 3. The molecule has 0 radical (unpaired) electrons. The number of halogens is 1. The molecule has 0 aromatic carbocycles. The summed E-state index contributed by atoms with van der Waals surface area (Å²) in [5.74, 6) is -0.519. The molecule has 2 heterocycles. The van der Waals surface area contributed by atoms with Crippen LogP contribution in [0.25, 0.3) is 0 Å². The SMILES string of the molecule is Nc1[nH]c(=S)[nH]c(=O)c1N=Cc1ccncc1F. The Hall–Kier alpha value is -2.35. The van der Waals surface area contributed by atoms with Gasteiger partial charge in [-0.25, -0.2) is 9.38 Å². The lowest BCUT2D eigenvalue weighted by Gasteiger charge is -1.98. The lowest BCUT2D eigenvalue weighted by Crippen LogP contribution is -2.10. The molecule has 2 rings (SSSR count). The highest BCUT2D eigenvalue weighted by molar-refractivity contribution is 7.71. The Bertz CT molecular complexity index is 721. The van der Waals surface area contributed by atoms with Crippen molar-refractivity contribution in [3.63, 3.8) is 0 Å². The fourth-order valence-electron chi connectivity index (χ4n) is 1.25. The fourth-order valence-corrected chi connectivity index (χ4v) is 1.45. The van der Waals surface area contributed by atoms with Gasteiger partial charge in [0.15, 0.2) is 10.5 Å². The normalized spacial score (nSPS) is 10.9. The van der Waals surface area contributed by atoms with Crippen molar-refractivity contribution in [1.82, 2.24) is 15.0 Å². The first kappa shape index (κ1) is 12.1. The number of nitrogen functional groups attached to an aromatic ring is 1. The third-order valence-electron chi connectivity index (χ3n) is 2.08. The molecule has 0 saturated heterocycles. The summed E-state index contributed by atoms with van der Waals surface area (Å²) in [6.07, 6.45) is 3.65. The molecule has 2 aromatic rings. The van der Waals surface area contributed by atoms with Crippen LogP contribution >= 0.6 is 12.2 Å². The van der Waals surface area contributed by atoms with Crippen LogP contribution in [0.15, 0.2) is 28.2 Å². The second-order valence-electron chi connectivity index (χ2n) is 3.33. The Kier molecular flexibility index (Phi) is 3.28. The van der Waals surface area contributed by atoms with Crippen LogP contribution in [0.2, 0.25) is 0 Å². The summed E-state index contributed by atoms with van der Waals surface area (Å²) in [6.45, 7) is 0. The molecule has 0 saturated carbocycles. The number of hydrogen-bond donors (Lipinski definition) is 3. The van der Waals surface area contributed by atoms with Crippen LogP contribution in [0.3, 0.4) is 0 Å². The molecular weight excluding hydrogens is 257 g/mol. The number of nitrogens with zero attached hydrogens (tertiary/aromatic N) is 2. The average molecular weight is 265 g/mol. The van der Waals surface area contributed by atoms with Crippen molar-refractivity contribution in [3.05, 3.63) is 45.0 Å². The predicted octanol–water partition coefficient (Wildman–Crippen LogP) is 1.30. The Morgan fingerprint density at radius 2 is 2.28 bits per heavy atom. The minimum Gasteiger partial charge on any atom is -0.383 e. The van der Waals surface area contributed by atoms with Crippen molar-refractivity contribution in [2.24, 2.45) is 4.99 Å². The van der Waals surface area contributed by atoms with E-state index in [9.17, 15) is 9.18 Å². The predicted molar refractivity (Wildman–Crippen MR) is 68.1 cm³/mol. The molecule has 0 aliphatic carbocycles. The van der Waals surface area contributed by atoms with Gasteiger partial charge >= 0.3 is 0 Å². The molecular formula is C10H8FN5OS. The van der Waals surface area contributed by atoms with Gasteiger partial charge in [0, 0.05) is 18.0 Å². The smallest absolute Gasteiger partial charge is 0.279 e. The highest BCUT2D eigenvalue weighted by Gasteiger charge is 2.04. The molecule has 0 bridgehead atoms. The zero-order chi connectivity index (χ0) is 13.1. The van der Waals surface area contributed by atoms with Crippen LogP contribution < -0.4 is 11.3 Å². The lowest BCUT2D eigenvalue weighted by molar-refractivity contribution is 0.619. The molecule has 0 spiro atoms. The zero-order valence-corrected chi connectivity index (χ0v) is 9.79. The van der Waals surface area contributed by atoms with Gasteiger partial charge < -0.3 is 10.7 Å². The second-order valence-corrected chi connectivity index (χ2v) is 3.73. The van der Waals surface area contributed by atoms with Crippen molar-refractivity contribution in [3.8, 4) is 0 Å². The Balaban J connectivity index is 2.45. The van der Waals surface area contributed by atoms with Gasteiger partial charge in [-0.05, 0) is 18.3 Å². The topological polar surface area (TPSA) is 99.9 Å². The number of nitrogens with two attached hydrogens (primary N) is 1. The molecule has 0 fully saturated rings. The standard InChI is InChI=1S/C10H8FN5OS/c11-6-4-13-2-1-5(6)3-14-7-8(12)15-10(18)16-9(7)17/h1-4H,(H4,12,15,16,17,18). The monoisotopic (exact) mass is 265 g/mol. The largest absolute Gasteiger partial charge is 0.383 e. The summed E-state index contributed by atoms with van der Waals surface area (Å²) in [6, 6.07) is 1.42. The number of pyridine rings is 1. The van der Waals surface area contributed by atoms with Gasteiger partial charge in [0.1, 0.15) is 11.6 Å². The van der Waals surface area contributed by atoms with E-state index < -0.39 is 11.4 Å². The zero-order valence-electron chi connectivity index (χ0n) is 8.98. The van der Waals surface area contributed by atoms with E-state index in [1.165, 1.54) is 18.5 Å². The first-order chi connectivity index (χ1) is 8.58. The highest BCUT2D eigenvalue weighted by atomic mass is 32.1. The maximum absolute atomic E-state index is 13.3. The molecule has 2 aromatic heterocycles. The third-order valence-corrected chi connectivity index (χ3v) is 2.29.